The van der Waals surface area contributed by atoms with Crippen molar-refractivity contribution >= 4 is 5.91 Å². The van der Waals surface area contributed by atoms with Gasteiger partial charge in [-0.3, -0.25) is 9.63 Å². The molecule has 0 unspecified atom stereocenters. The van der Waals surface area contributed by atoms with E-state index >= 15 is 0 Å². The Morgan fingerprint density at radius 2 is 1.69 bits per heavy atom. The second-order valence-corrected chi connectivity index (χ2v) is 4.98. The average Bonchev–Trinajstić information content (AvgIpc) is 2.60. The number of rotatable bonds is 7. The normalized spacial score (nSPS) is 10.9. The van der Waals surface area contributed by atoms with E-state index in [4.69, 9.17) is 4.84 Å². The topological polar surface area (TPSA) is 48.0 Å². The Bertz CT molecular complexity index is 770. The Labute approximate surface area is 146 Å². The number of hydrogen-bond donors (Lipinski definition) is 0. The molecular formula is C17H15F4NO4. The number of ether oxygens (including phenoxy) is 2. The van der Waals surface area contributed by atoms with Crippen molar-refractivity contribution in [1.29, 1.82) is 0 Å². The number of hydroxylamine groups is 2. The van der Waals surface area contributed by atoms with Gasteiger partial charge in [0.25, 0.3) is 5.91 Å². The molecule has 0 spiro atoms. The van der Waals surface area contributed by atoms with E-state index in [1.54, 1.807) is 0 Å². The molecule has 2 rings (SSSR count). The van der Waals surface area contributed by atoms with Gasteiger partial charge in [-0.1, -0.05) is 12.1 Å². The molecule has 5 nitrogen and oxygen atoms in total. The van der Waals surface area contributed by atoms with Crippen molar-refractivity contribution in [2.45, 2.75) is 13.2 Å². The minimum Gasteiger partial charge on any atom is -0.435 e. The highest BCUT2D eigenvalue weighted by molar-refractivity contribution is 5.95. The number of hydrogen-bond acceptors (Lipinski definition) is 4. The number of amides is 1. The lowest BCUT2D eigenvalue weighted by Crippen LogP contribution is -2.25. The molecule has 0 aliphatic heterocycles. The van der Waals surface area contributed by atoms with Crippen molar-refractivity contribution < 1.29 is 36.7 Å². The van der Waals surface area contributed by atoms with Crippen molar-refractivity contribution in [2.75, 3.05) is 14.2 Å². The zero-order valence-electron chi connectivity index (χ0n) is 13.8. The van der Waals surface area contributed by atoms with E-state index in [1.807, 2.05) is 0 Å². The second-order valence-electron chi connectivity index (χ2n) is 4.98. The molecule has 0 bridgehead atoms. The van der Waals surface area contributed by atoms with Gasteiger partial charge in [0.15, 0.2) is 0 Å². The third-order valence-electron chi connectivity index (χ3n) is 3.37. The number of benzene rings is 2. The second kappa shape index (κ2) is 8.52. The number of carbonyl (C=O) groups is 1. The van der Waals surface area contributed by atoms with Crippen molar-refractivity contribution in [3.63, 3.8) is 0 Å². The summed E-state index contributed by atoms with van der Waals surface area (Å²) in [5.74, 6) is -0.908. The summed E-state index contributed by atoms with van der Waals surface area (Å²) in [7, 11) is 2.67. The van der Waals surface area contributed by atoms with E-state index in [1.165, 1.54) is 56.6 Å². The van der Waals surface area contributed by atoms with Crippen LogP contribution in [0.4, 0.5) is 17.6 Å². The summed E-state index contributed by atoms with van der Waals surface area (Å²) in [6.07, 6.45) is 0. The molecule has 1 amide bonds. The summed E-state index contributed by atoms with van der Waals surface area (Å²) in [6.45, 7) is -6.14. The lowest BCUT2D eigenvalue weighted by Gasteiger charge is -2.16. The van der Waals surface area contributed by atoms with Crippen LogP contribution in [0.15, 0.2) is 42.5 Å². The van der Waals surface area contributed by atoms with Crippen molar-refractivity contribution in [2.24, 2.45) is 0 Å². The van der Waals surface area contributed by atoms with E-state index in [0.717, 1.165) is 5.06 Å². The first-order valence-corrected chi connectivity index (χ1v) is 7.28. The van der Waals surface area contributed by atoms with Crippen LogP contribution in [0, 0.1) is 0 Å². The van der Waals surface area contributed by atoms with Gasteiger partial charge in [0, 0.05) is 18.2 Å². The summed E-state index contributed by atoms with van der Waals surface area (Å²) in [4.78, 5) is 17.0. The highest BCUT2D eigenvalue weighted by Crippen LogP contribution is 2.34. The SMILES string of the molecule is CON(C)C(=O)c1ccc(OC(F)F)c(-c2cccc(OC(F)F)c2)c1. The minimum absolute atomic E-state index is 0.111. The van der Waals surface area contributed by atoms with Gasteiger partial charge in [-0.05, 0) is 35.9 Å². The van der Waals surface area contributed by atoms with Gasteiger partial charge < -0.3 is 9.47 Å². The Hall–Kier alpha value is -2.81. The molecule has 0 saturated heterocycles. The fourth-order valence-corrected chi connectivity index (χ4v) is 2.19. The standard InChI is InChI=1S/C17H15F4NO4/c1-22(24-2)15(23)11-6-7-14(26-17(20)21)13(9-11)10-4-3-5-12(8-10)25-16(18)19/h3-9,16-17H,1-2H3. The van der Waals surface area contributed by atoms with Crippen LogP contribution < -0.4 is 9.47 Å². The Morgan fingerprint density at radius 3 is 2.31 bits per heavy atom. The van der Waals surface area contributed by atoms with E-state index < -0.39 is 19.1 Å². The lowest BCUT2D eigenvalue weighted by molar-refractivity contribution is -0.0757. The molecule has 2 aromatic carbocycles. The van der Waals surface area contributed by atoms with Crippen LogP contribution >= 0.6 is 0 Å². The summed E-state index contributed by atoms with van der Waals surface area (Å²) >= 11 is 0. The largest absolute Gasteiger partial charge is 0.435 e. The molecule has 0 aromatic heterocycles. The van der Waals surface area contributed by atoms with Gasteiger partial charge in [0.05, 0.1) is 7.11 Å². The van der Waals surface area contributed by atoms with Crippen molar-refractivity contribution in [3.05, 3.63) is 48.0 Å². The Balaban J connectivity index is 2.50. The number of carbonyl (C=O) groups excluding carboxylic acids is 1. The van der Waals surface area contributed by atoms with Crippen LogP contribution in [0.5, 0.6) is 11.5 Å². The first-order chi connectivity index (χ1) is 12.3. The molecule has 0 radical (unpaired) electrons. The minimum atomic E-state index is -3.10. The van der Waals surface area contributed by atoms with Crippen LogP contribution in [0.1, 0.15) is 10.4 Å². The van der Waals surface area contributed by atoms with Crippen molar-refractivity contribution in [1.82, 2.24) is 5.06 Å². The fraction of sp³-hybridized carbons (Fsp3) is 0.235. The van der Waals surface area contributed by atoms with Gasteiger partial charge in [0.2, 0.25) is 0 Å². The average molecular weight is 373 g/mol. The predicted octanol–water partition coefficient (Wildman–Crippen LogP) is 4.19. The van der Waals surface area contributed by atoms with Gasteiger partial charge in [-0.15, -0.1) is 0 Å². The molecule has 2 aromatic rings. The highest BCUT2D eigenvalue weighted by atomic mass is 19.3. The molecule has 0 aliphatic rings. The number of halogens is 4. The zero-order valence-corrected chi connectivity index (χ0v) is 13.8. The highest BCUT2D eigenvalue weighted by Gasteiger charge is 2.18. The molecule has 0 atom stereocenters. The maximum absolute atomic E-state index is 12.7. The summed E-state index contributed by atoms with van der Waals surface area (Å²) < 4.78 is 58.9. The predicted molar refractivity (Wildman–Crippen MR) is 84.2 cm³/mol. The maximum atomic E-state index is 12.7. The monoisotopic (exact) mass is 373 g/mol. The van der Waals surface area contributed by atoms with E-state index in [9.17, 15) is 22.4 Å². The van der Waals surface area contributed by atoms with Crippen LogP contribution in [-0.2, 0) is 4.84 Å². The maximum Gasteiger partial charge on any atom is 0.387 e. The summed E-state index contributed by atoms with van der Waals surface area (Å²) in [6, 6.07) is 9.20. The molecule has 0 fully saturated rings. The first-order valence-electron chi connectivity index (χ1n) is 7.28. The molecule has 0 aliphatic carbocycles. The molecule has 0 saturated carbocycles. The van der Waals surface area contributed by atoms with Gasteiger partial charge in [-0.25, -0.2) is 5.06 Å². The summed E-state index contributed by atoms with van der Waals surface area (Å²) in [5.41, 5.74) is 0.500. The quantitative estimate of drug-likeness (QED) is 0.539. The first kappa shape index (κ1) is 19.5. The van der Waals surface area contributed by atoms with Gasteiger partial charge >= 0.3 is 13.2 Å². The third-order valence-corrected chi connectivity index (χ3v) is 3.37. The van der Waals surface area contributed by atoms with E-state index in [2.05, 4.69) is 9.47 Å². The smallest absolute Gasteiger partial charge is 0.387 e. The van der Waals surface area contributed by atoms with Crippen LogP contribution in [0.3, 0.4) is 0 Å². The van der Waals surface area contributed by atoms with Crippen LogP contribution in [0.25, 0.3) is 11.1 Å². The van der Waals surface area contributed by atoms with Crippen molar-refractivity contribution in [3.8, 4) is 22.6 Å². The van der Waals surface area contributed by atoms with E-state index in [0.29, 0.717) is 0 Å². The van der Waals surface area contributed by atoms with E-state index in [-0.39, 0.29) is 28.2 Å². The summed E-state index contributed by atoms with van der Waals surface area (Å²) in [5, 5.41) is 0.948. The zero-order chi connectivity index (χ0) is 19.3. The molecular weight excluding hydrogens is 358 g/mol. The Morgan fingerprint density at radius 1 is 1.00 bits per heavy atom. The van der Waals surface area contributed by atoms with Crippen LogP contribution in [0.2, 0.25) is 0 Å². The van der Waals surface area contributed by atoms with Gasteiger partial charge in [0.1, 0.15) is 11.5 Å². The molecule has 9 heteroatoms. The van der Waals surface area contributed by atoms with Gasteiger partial charge in [-0.2, -0.15) is 17.6 Å². The molecule has 0 heterocycles. The number of alkyl halides is 4. The fourth-order valence-electron chi connectivity index (χ4n) is 2.19. The lowest BCUT2D eigenvalue weighted by atomic mass is 10.0. The molecule has 26 heavy (non-hydrogen) atoms. The molecule has 0 N–H and O–H groups in total. The Kier molecular flexibility index (Phi) is 6.40. The number of nitrogens with zero attached hydrogens (tertiary/aromatic N) is 1. The third kappa shape index (κ3) is 4.85. The van der Waals surface area contributed by atoms with Crippen LogP contribution in [-0.4, -0.2) is 38.4 Å². The molecule has 140 valence electrons.